The van der Waals surface area contributed by atoms with E-state index in [0.29, 0.717) is 24.6 Å². The molecule has 1 saturated heterocycles. The molecule has 1 spiro atoms. The summed E-state index contributed by atoms with van der Waals surface area (Å²) in [7, 11) is 0. The number of likely N-dealkylation sites (tertiary alicyclic amines) is 1. The fourth-order valence-electron chi connectivity index (χ4n) is 4.97. The molecule has 0 aromatic carbocycles. The summed E-state index contributed by atoms with van der Waals surface area (Å²) in [5, 5.41) is 4.12. The number of hydrogen-bond acceptors (Lipinski definition) is 5. The van der Waals surface area contributed by atoms with Crippen molar-refractivity contribution in [3.05, 3.63) is 57.7 Å². The molecule has 2 fully saturated rings. The normalized spacial score (nSPS) is 20.3. The van der Waals surface area contributed by atoms with Gasteiger partial charge < -0.3 is 9.88 Å². The van der Waals surface area contributed by atoms with E-state index in [2.05, 4.69) is 15.1 Å². The van der Waals surface area contributed by atoms with E-state index in [9.17, 15) is 9.59 Å². The summed E-state index contributed by atoms with van der Waals surface area (Å²) >= 11 is 0. The van der Waals surface area contributed by atoms with Gasteiger partial charge in [-0.05, 0) is 50.7 Å². The third-order valence-corrected chi connectivity index (χ3v) is 6.88. The van der Waals surface area contributed by atoms with E-state index >= 15 is 0 Å². The molecule has 3 aliphatic rings. The quantitative estimate of drug-likeness (QED) is 0.720. The average Bonchev–Trinajstić information content (AvgIpc) is 3.39. The van der Waals surface area contributed by atoms with Gasteiger partial charge in [0.15, 0.2) is 5.65 Å². The summed E-state index contributed by atoms with van der Waals surface area (Å²) in [6.45, 7) is 1.36. The Hall–Kier alpha value is -3.03. The average molecular weight is 390 g/mol. The first-order valence-electron chi connectivity index (χ1n) is 10.4. The van der Waals surface area contributed by atoms with Crippen LogP contribution in [0.4, 0.5) is 0 Å². The SMILES string of the molecule is O=C(c1ccc2ncnn2c1)N1CCC2(CCc3c2nc(C2CC2)[nH]c3=O)CC1. The van der Waals surface area contributed by atoms with Gasteiger partial charge in [0.2, 0.25) is 0 Å². The second-order valence-corrected chi connectivity index (χ2v) is 8.61. The fourth-order valence-corrected chi connectivity index (χ4v) is 4.97. The Kier molecular flexibility index (Phi) is 3.48. The van der Waals surface area contributed by atoms with E-state index in [0.717, 1.165) is 61.3 Å². The number of carbonyl (C=O) groups is 1. The van der Waals surface area contributed by atoms with Crippen LogP contribution in [0, 0.1) is 0 Å². The van der Waals surface area contributed by atoms with Crippen LogP contribution in [-0.4, -0.2) is 48.5 Å². The summed E-state index contributed by atoms with van der Waals surface area (Å²) in [6.07, 6.45) is 8.92. The predicted octanol–water partition coefficient (Wildman–Crippen LogP) is 1.81. The van der Waals surface area contributed by atoms with Crippen LogP contribution in [0.1, 0.15) is 65.5 Å². The van der Waals surface area contributed by atoms with Gasteiger partial charge in [0.25, 0.3) is 11.5 Å². The maximum Gasteiger partial charge on any atom is 0.255 e. The molecule has 0 radical (unpaired) electrons. The zero-order chi connectivity index (χ0) is 19.6. The van der Waals surface area contributed by atoms with Gasteiger partial charge in [-0.15, -0.1) is 0 Å². The zero-order valence-corrected chi connectivity index (χ0v) is 16.1. The number of amides is 1. The Morgan fingerprint density at radius 3 is 2.79 bits per heavy atom. The molecule has 29 heavy (non-hydrogen) atoms. The standard InChI is InChI=1S/C21H22N6O2/c28-19-15-5-6-21(17(15)24-18(25-19)13-1-2-13)7-9-26(10-8-21)20(29)14-3-4-16-22-12-23-27(16)11-14/h3-4,11-13H,1-2,5-10H2,(H,24,25,28). The molecule has 0 unspecified atom stereocenters. The van der Waals surface area contributed by atoms with Crippen molar-refractivity contribution in [2.75, 3.05) is 13.1 Å². The smallest absolute Gasteiger partial charge is 0.255 e. The van der Waals surface area contributed by atoms with Gasteiger partial charge in [-0.2, -0.15) is 5.10 Å². The summed E-state index contributed by atoms with van der Waals surface area (Å²) in [5.41, 5.74) is 3.22. The molecule has 1 N–H and O–H groups in total. The van der Waals surface area contributed by atoms with Crippen molar-refractivity contribution < 1.29 is 4.79 Å². The van der Waals surface area contributed by atoms with Crippen LogP contribution in [0.15, 0.2) is 29.5 Å². The number of fused-ring (bicyclic) bond motifs is 3. The molecule has 1 aliphatic heterocycles. The van der Waals surface area contributed by atoms with E-state index in [-0.39, 0.29) is 16.9 Å². The van der Waals surface area contributed by atoms with Crippen molar-refractivity contribution >= 4 is 11.6 Å². The number of H-pyrrole nitrogens is 1. The maximum absolute atomic E-state index is 13.0. The number of nitrogens with zero attached hydrogens (tertiary/aromatic N) is 5. The van der Waals surface area contributed by atoms with Gasteiger partial charge in [-0.3, -0.25) is 9.59 Å². The first-order chi connectivity index (χ1) is 14.1. The van der Waals surface area contributed by atoms with Gasteiger partial charge in [-0.25, -0.2) is 14.5 Å². The lowest BCUT2D eigenvalue weighted by Crippen LogP contribution is -2.45. The largest absolute Gasteiger partial charge is 0.339 e. The first-order valence-corrected chi connectivity index (χ1v) is 10.4. The topological polar surface area (TPSA) is 96.2 Å². The van der Waals surface area contributed by atoms with Crippen molar-refractivity contribution in [3.8, 4) is 0 Å². The van der Waals surface area contributed by atoms with Crippen molar-refractivity contribution in [2.45, 2.75) is 49.9 Å². The van der Waals surface area contributed by atoms with Crippen LogP contribution in [0.5, 0.6) is 0 Å². The minimum atomic E-state index is -0.0557. The number of pyridine rings is 1. The number of hydrogen-bond donors (Lipinski definition) is 1. The van der Waals surface area contributed by atoms with E-state index in [1.807, 2.05) is 17.0 Å². The summed E-state index contributed by atoms with van der Waals surface area (Å²) in [6, 6.07) is 3.62. The van der Waals surface area contributed by atoms with E-state index in [1.54, 1.807) is 10.7 Å². The maximum atomic E-state index is 13.0. The molecule has 8 heteroatoms. The van der Waals surface area contributed by atoms with Crippen molar-refractivity contribution in [1.82, 2.24) is 29.5 Å². The molecule has 1 saturated carbocycles. The van der Waals surface area contributed by atoms with Crippen LogP contribution in [0.3, 0.4) is 0 Å². The van der Waals surface area contributed by atoms with Crippen molar-refractivity contribution in [2.24, 2.45) is 0 Å². The Bertz CT molecular complexity index is 1180. The number of rotatable bonds is 2. The number of carbonyl (C=O) groups excluding carboxylic acids is 1. The lowest BCUT2D eigenvalue weighted by Gasteiger charge is -2.39. The molecule has 6 rings (SSSR count). The Labute approximate surface area is 167 Å². The molecule has 1 amide bonds. The zero-order valence-electron chi connectivity index (χ0n) is 16.1. The van der Waals surface area contributed by atoms with E-state index in [4.69, 9.17) is 4.98 Å². The summed E-state index contributed by atoms with van der Waals surface area (Å²) in [5.74, 6) is 1.32. The van der Waals surface area contributed by atoms with Crippen LogP contribution in [-0.2, 0) is 11.8 Å². The number of piperidine rings is 1. The molecule has 148 valence electrons. The van der Waals surface area contributed by atoms with Crippen LogP contribution < -0.4 is 5.56 Å². The molecule has 0 bridgehead atoms. The minimum absolute atomic E-state index is 0.0213. The van der Waals surface area contributed by atoms with Gasteiger partial charge >= 0.3 is 0 Å². The van der Waals surface area contributed by atoms with Crippen LogP contribution in [0.25, 0.3) is 5.65 Å². The van der Waals surface area contributed by atoms with Gasteiger partial charge in [-0.1, -0.05) is 0 Å². The molecule has 4 heterocycles. The number of aromatic amines is 1. The summed E-state index contributed by atoms with van der Waals surface area (Å²) in [4.78, 5) is 39.5. The van der Waals surface area contributed by atoms with Gasteiger partial charge in [0.05, 0.1) is 11.3 Å². The molecular formula is C21H22N6O2. The predicted molar refractivity (Wildman–Crippen MR) is 105 cm³/mol. The molecule has 0 atom stereocenters. The lowest BCUT2D eigenvalue weighted by atomic mass is 9.76. The number of nitrogens with one attached hydrogen (secondary N) is 1. The third-order valence-electron chi connectivity index (χ3n) is 6.88. The molecule has 8 nitrogen and oxygen atoms in total. The highest BCUT2D eigenvalue weighted by atomic mass is 16.2. The highest BCUT2D eigenvalue weighted by Gasteiger charge is 2.45. The minimum Gasteiger partial charge on any atom is -0.339 e. The summed E-state index contributed by atoms with van der Waals surface area (Å²) < 4.78 is 1.63. The molecule has 3 aromatic rings. The second kappa shape index (κ2) is 5.98. The van der Waals surface area contributed by atoms with Crippen molar-refractivity contribution in [1.29, 1.82) is 0 Å². The number of aromatic nitrogens is 5. The highest BCUT2D eigenvalue weighted by Crippen LogP contribution is 2.46. The van der Waals surface area contributed by atoms with E-state index < -0.39 is 0 Å². The molecule has 2 aliphatic carbocycles. The fraction of sp³-hybridized carbons (Fsp3) is 0.476. The van der Waals surface area contributed by atoms with Crippen molar-refractivity contribution in [3.63, 3.8) is 0 Å². The van der Waals surface area contributed by atoms with Gasteiger partial charge in [0, 0.05) is 36.2 Å². The third kappa shape index (κ3) is 2.62. The Balaban J connectivity index is 1.25. The monoisotopic (exact) mass is 390 g/mol. The lowest BCUT2D eigenvalue weighted by molar-refractivity contribution is 0.0662. The van der Waals surface area contributed by atoms with Crippen LogP contribution >= 0.6 is 0 Å². The first kappa shape index (κ1) is 16.9. The van der Waals surface area contributed by atoms with E-state index in [1.165, 1.54) is 6.33 Å². The van der Waals surface area contributed by atoms with Gasteiger partial charge in [0.1, 0.15) is 12.2 Å². The Morgan fingerprint density at radius 1 is 1.17 bits per heavy atom. The van der Waals surface area contributed by atoms with Crippen LogP contribution in [0.2, 0.25) is 0 Å². The molecule has 3 aromatic heterocycles. The molecular weight excluding hydrogens is 368 g/mol. The Morgan fingerprint density at radius 2 is 2.00 bits per heavy atom. The second-order valence-electron chi connectivity index (χ2n) is 8.61. The highest BCUT2D eigenvalue weighted by molar-refractivity contribution is 5.94.